The van der Waals surface area contributed by atoms with Crippen molar-refractivity contribution in [3.05, 3.63) is 77.2 Å². The zero-order valence-corrected chi connectivity index (χ0v) is 18.2. The fourth-order valence-electron chi connectivity index (χ4n) is 2.41. The number of rotatable bonds is 6. The summed E-state index contributed by atoms with van der Waals surface area (Å²) in [6.45, 7) is 0. The average Bonchev–Trinajstić information content (AvgIpc) is 3.14. The first-order valence-corrected chi connectivity index (χ1v) is 10.5. The molecule has 0 spiro atoms. The van der Waals surface area contributed by atoms with Crippen LogP contribution in [0.5, 0.6) is 0 Å². The maximum atomic E-state index is 14.0. The van der Waals surface area contributed by atoms with Crippen molar-refractivity contribution in [2.75, 3.05) is 5.32 Å². The minimum Gasteiger partial charge on any atom is -0.338 e. The lowest BCUT2D eigenvalue weighted by Gasteiger charge is -2.25. The third-order valence-electron chi connectivity index (χ3n) is 3.82. The smallest absolute Gasteiger partial charge is 0.245 e. The van der Waals surface area contributed by atoms with Crippen LogP contribution in [0.2, 0.25) is 0 Å². The molecule has 3 rings (SSSR count). The molecule has 0 saturated heterocycles. The lowest BCUT2D eigenvalue weighted by molar-refractivity contribution is -0.116. The highest BCUT2D eigenvalue weighted by molar-refractivity contribution is 7.14. The van der Waals surface area contributed by atoms with Crippen molar-refractivity contribution >= 4 is 63.3 Å². The molecule has 1 amide bonds. The Morgan fingerprint density at radius 1 is 1.13 bits per heavy atom. The molecule has 30 heavy (non-hydrogen) atoms. The largest absolute Gasteiger partial charge is 0.338 e. The van der Waals surface area contributed by atoms with Crippen LogP contribution in [0.3, 0.4) is 0 Å². The predicted octanol–water partition coefficient (Wildman–Crippen LogP) is 6.03. The Bertz CT molecular complexity index is 1050. The highest BCUT2D eigenvalue weighted by Crippen LogP contribution is 2.33. The summed E-state index contributed by atoms with van der Waals surface area (Å²) >= 11 is 19.1. The number of benzene rings is 2. The highest BCUT2D eigenvalue weighted by Gasteiger charge is 2.34. The summed E-state index contributed by atoms with van der Waals surface area (Å²) in [4.78, 5) is 16.5. The Morgan fingerprint density at radius 2 is 1.87 bits per heavy atom. The molecule has 0 aliphatic carbocycles. The normalized spacial score (nSPS) is 12.7. The highest BCUT2D eigenvalue weighted by atomic mass is 35.6. The van der Waals surface area contributed by atoms with Gasteiger partial charge >= 0.3 is 0 Å². The molecule has 0 aliphatic heterocycles. The molecule has 1 atom stereocenters. The van der Waals surface area contributed by atoms with E-state index in [1.165, 1.54) is 12.1 Å². The second-order valence-corrected chi connectivity index (χ2v) is 9.26. The van der Waals surface area contributed by atoms with Crippen LogP contribution < -0.4 is 10.6 Å². The zero-order valence-electron chi connectivity index (χ0n) is 15.1. The topological polar surface area (TPSA) is 54.0 Å². The molecule has 0 aliphatic rings. The summed E-state index contributed by atoms with van der Waals surface area (Å²) in [6, 6.07) is 12.4. The number of halogens is 5. The Hall–Kier alpha value is -2.19. The summed E-state index contributed by atoms with van der Waals surface area (Å²) < 4.78 is 25.2. The van der Waals surface area contributed by atoms with Gasteiger partial charge in [-0.1, -0.05) is 65.1 Å². The molecule has 3 aromatic rings. The first-order chi connectivity index (χ1) is 14.2. The zero-order chi connectivity index (χ0) is 21.7. The van der Waals surface area contributed by atoms with Crippen LogP contribution in [0, 0.1) is 11.6 Å². The maximum Gasteiger partial charge on any atom is 0.245 e. The number of carbonyl (C=O) groups excluding carboxylic acids is 1. The van der Waals surface area contributed by atoms with Crippen molar-refractivity contribution < 1.29 is 13.6 Å². The predicted molar refractivity (Wildman–Crippen MR) is 119 cm³/mol. The molecule has 2 aromatic carbocycles. The van der Waals surface area contributed by atoms with Gasteiger partial charge in [-0.15, -0.1) is 11.3 Å². The number of nitrogens with one attached hydrogen (secondary N) is 2. The van der Waals surface area contributed by atoms with Crippen LogP contribution in [0.1, 0.15) is 5.56 Å². The maximum absolute atomic E-state index is 14.0. The molecular weight excluding hydrogens is 475 g/mol. The van der Waals surface area contributed by atoms with E-state index in [0.29, 0.717) is 0 Å². The van der Waals surface area contributed by atoms with Gasteiger partial charge in [0, 0.05) is 23.1 Å². The Balaban J connectivity index is 1.72. The van der Waals surface area contributed by atoms with Crippen molar-refractivity contribution in [3.63, 3.8) is 0 Å². The summed E-state index contributed by atoms with van der Waals surface area (Å²) in [7, 11) is 0. The number of amides is 1. The third-order valence-corrected chi connectivity index (χ3v) is 5.25. The molecule has 2 N–H and O–H groups in total. The summed E-state index contributed by atoms with van der Waals surface area (Å²) in [5, 5.41) is 7.21. The molecule has 0 fully saturated rings. The van der Waals surface area contributed by atoms with Crippen LogP contribution in [-0.4, -0.2) is 20.8 Å². The molecule has 0 saturated carbocycles. The van der Waals surface area contributed by atoms with E-state index in [2.05, 4.69) is 15.6 Å². The monoisotopic (exact) mass is 487 g/mol. The van der Waals surface area contributed by atoms with Gasteiger partial charge in [0.1, 0.15) is 17.8 Å². The fraction of sp³-hybridized carbons (Fsp3) is 0.100. The van der Waals surface area contributed by atoms with Gasteiger partial charge in [0.15, 0.2) is 5.13 Å². The minimum absolute atomic E-state index is 0.126. The number of anilines is 1. The first kappa shape index (κ1) is 22.5. The van der Waals surface area contributed by atoms with Crippen LogP contribution >= 0.6 is 46.1 Å². The minimum atomic E-state index is -1.90. The van der Waals surface area contributed by atoms with E-state index in [0.717, 1.165) is 29.0 Å². The van der Waals surface area contributed by atoms with Crippen molar-refractivity contribution in [1.29, 1.82) is 0 Å². The molecule has 156 valence electrons. The van der Waals surface area contributed by atoms with E-state index in [-0.39, 0.29) is 16.4 Å². The lowest BCUT2D eigenvalue weighted by Crippen LogP contribution is -2.48. The van der Waals surface area contributed by atoms with Gasteiger partial charge in [-0.2, -0.15) is 0 Å². The number of carbonyl (C=O) groups is 1. The lowest BCUT2D eigenvalue weighted by atomic mass is 10.1. The molecular formula is C20H14Cl3F2N3OS. The van der Waals surface area contributed by atoms with Gasteiger partial charge in [-0.05, 0) is 23.8 Å². The number of hydrogen-bond acceptors (Lipinski definition) is 4. The van der Waals surface area contributed by atoms with Crippen molar-refractivity contribution in [1.82, 2.24) is 10.3 Å². The Morgan fingerprint density at radius 3 is 2.53 bits per heavy atom. The third kappa shape index (κ3) is 6.15. The van der Waals surface area contributed by atoms with E-state index in [1.54, 1.807) is 11.5 Å². The van der Waals surface area contributed by atoms with Crippen molar-refractivity contribution in [3.8, 4) is 11.3 Å². The van der Waals surface area contributed by atoms with E-state index in [9.17, 15) is 13.6 Å². The van der Waals surface area contributed by atoms with E-state index in [4.69, 9.17) is 34.8 Å². The van der Waals surface area contributed by atoms with Gasteiger partial charge in [0.25, 0.3) is 0 Å². The van der Waals surface area contributed by atoms with E-state index >= 15 is 0 Å². The number of aromatic nitrogens is 1. The molecule has 1 heterocycles. The molecule has 4 nitrogen and oxygen atoms in total. The molecule has 1 unspecified atom stereocenters. The van der Waals surface area contributed by atoms with Crippen molar-refractivity contribution in [2.24, 2.45) is 0 Å². The van der Waals surface area contributed by atoms with Gasteiger partial charge in [-0.25, -0.2) is 13.8 Å². The van der Waals surface area contributed by atoms with E-state index < -0.39 is 27.5 Å². The number of thiazole rings is 1. The Kier molecular flexibility index (Phi) is 7.31. The van der Waals surface area contributed by atoms with Gasteiger partial charge in [0.05, 0.1) is 5.69 Å². The second-order valence-electron chi connectivity index (χ2n) is 6.03. The quantitative estimate of drug-likeness (QED) is 0.253. The van der Waals surface area contributed by atoms with Crippen molar-refractivity contribution in [2.45, 2.75) is 9.96 Å². The van der Waals surface area contributed by atoms with Gasteiger partial charge in [0.2, 0.25) is 9.70 Å². The van der Waals surface area contributed by atoms with Crippen LogP contribution in [0.4, 0.5) is 13.9 Å². The number of alkyl halides is 3. The van der Waals surface area contributed by atoms with Crippen LogP contribution in [0.15, 0.2) is 60.0 Å². The molecule has 0 radical (unpaired) electrons. The summed E-state index contributed by atoms with van der Waals surface area (Å²) in [6.07, 6.45) is 1.80. The first-order valence-electron chi connectivity index (χ1n) is 8.50. The molecule has 0 bridgehead atoms. The second kappa shape index (κ2) is 9.75. The Labute approximate surface area is 190 Å². The van der Waals surface area contributed by atoms with Crippen LogP contribution in [-0.2, 0) is 4.79 Å². The van der Waals surface area contributed by atoms with E-state index in [1.807, 2.05) is 30.3 Å². The van der Waals surface area contributed by atoms with Gasteiger partial charge < -0.3 is 10.6 Å². The molecule has 1 aromatic heterocycles. The number of hydrogen-bond donors (Lipinski definition) is 2. The average molecular weight is 489 g/mol. The standard InChI is InChI=1S/C20H14Cl3F2N3OS/c21-20(22,23)18(27-17(29)9-6-12-4-2-1-3-5-12)28-19-26-16(11-30-19)14-8-7-13(24)10-15(14)25/h1-11,18H,(H,26,28)(H,27,29)/b9-6+. The van der Waals surface area contributed by atoms with Gasteiger partial charge in [-0.3, -0.25) is 4.79 Å². The summed E-state index contributed by atoms with van der Waals surface area (Å²) in [5.41, 5.74) is 1.23. The fourth-order valence-corrected chi connectivity index (χ4v) is 3.48. The SMILES string of the molecule is O=C(/C=C/c1ccccc1)NC(Nc1nc(-c2ccc(F)cc2F)cs1)C(Cl)(Cl)Cl. The van der Waals surface area contributed by atoms with Crippen LogP contribution in [0.25, 0.3) is 17.3 Å². The number of nitrogens with zero attached hydrogens (tertiary/aromatic N) is 1. The summed E-state index contributed by atoms with van der Waals surface area (Å²) in [5.74, 6) is -1.93. The molecule has 10 heteroatoms.